The average molecular weight is 264 g/mol. The molecular formula is C16H25FN2. The molecule has 0 aliphatic carbocycles. The van der Waals surface area contributed by atoms with Crippen molar-refractivity contribution in [2.24, 2.45) is 11.8 Å². The Balaban J connectivity index is 2.28. The van der Waals surface area contributed by atoms with Crippen molar-refractivity contribution in [2.45, 2.75) is 33.2 Å². The van der Waals surface area contributed by atoms with E-state index >= 15 is 0 Å². The quantitative estimate of drug-likeness (QED) is 0.894. The third kappa shape index (κ3) is 2.92. The molecule has 3 heteroatoms. The number of nitrogens with zero attached hydrogens (tertiary/aromatic N) is 1. The smallest absolute Gasteiger partial charge is 0.130 e. The maximum atomic E-state index is 14.1. The van der Waals surface area contributed by atoms with E-state index < -0.39 is 0 Å². The van der Waals surface area contributed by atoms with Crippen molar-refractivity contribution in [3.63, 3.8) is 0 Å². The van der Waals surface area contributed by atoms with E-state index in [0.29, 0.717) is 5.92 Å². The summed E-state index contributed by atoms with van der Waals surface area (Å²) in [6.07, 6.45) is 1.21. The topological polar surface area (TPSA) is 15.3 Å². The molecule has 0 amide bonds. The fourth-order valence-electron chi connectivity index (χ4n) is 2.92. The van der Waals surface area contributed by atoms with Crippen molar-refractivity contribution in [3.05, 3.63) is 29.6 Å². The van der Waals surface area contributed by atoms with Gasteiger partial charge in [0.05, 0.1) is 0 Å². The standard InChI is InChI=1S/C16H25FN2/c1-11(2)13-8-9-19(10-13)15-7-5-6-14(17)16(15)12(3)18-4/h5-7,11-13,18H,8-10H2,1-4H3. The van der Waals surface area contributed by atoms with Gasteiger partial charge in [0.2, 0.25) is 0 Å². The van der Waals surface area contributed by atoms with Gasteiger partial charge in [-0.05, 0) is 44.4 Å². The average Bonchev–Trinajstić information content (AvgIpc) is 2.87. The van der Waals surface area contributed by atoms with Crippen molar-refractivity contribution in [1.82, 2.24) is 5.32 Å². The van der Waals surface area contributed by atoms with Crippen LogP contribution in [0.25, 0.3) is 0 Å². The van der Waals surface area contributed by atoms with Gasteiger partial charge in [0, 0.05) is 30.4 Å². The van der Waals surface area contributed by atoms with Crippen molar-refractivity contribution >= 4 is 5.69 Å². The Hall–Kier alpha value is -1.09. The lowest BCUT2D eigenvalue weighted by molar-refractivity contribution is 0.422. The van der Waals surface area contributed by atoms with Crippen LogP contribution in [0.1, 0.15) is 38.8 Å². The predicted octanol–water partition coefficient (Wildman–Crippen LogP) is 3.59. The van der Waals surface area contributed by atoms with Crippen LogP contribution in [0.3, 0.4) is 0 Å². The normalized spacial score (nSPS) is 21.2. The molecule has 1 saturated heterocycles. The Morgan fingerprint density at radius 1 is 1.32 bits per heavy atom. The molecule has 2 unspecified atom stereocenters. The van der Waals surface area contributed by atoms with Crippen molar-refractivity contribution in [3.8, 4) is 0 Å². The van der Waals surface area contributed by atoms with E-state index in [4.69, 9.17) is 0 Å². The van der Waals surface area contributed by atoms with Gasteiger partial charge >= 0.3 is 0 Å². The van der Waals surface area contributed by atoms with E-state index in [9.17, 15) is 4.39 Å². The molecule has 2 nitrogen and oxygen atoms in total. The summed E-state index contributed by atoms with van der Waals surface area (Å²) >= 11 is 0. The molecule has 0 aromatic heterocycles. The third-order valence-corrected chi connectivity index (χ3v) is 4.40. The zero-order valence-electron chi connectivity index (χ0n) is 12.4. The number of hydrogen-bond acceptors (Lipinski definition) is 2. The Labute approximate surface area is 116 Å². The first-order valence-corrected chi connectivity index (χ1v) is 7.25. The van der Waals surface area contributed by atoms with Gasteiger partial charge in [-0.15, -0.1) is 0 Å². The van der Waals surface area contributed by atoms with Crippen LogP contribution in [0.15, 0.2) is 18.2 Å². The highest BCUT2D eigenvalue weighted by Crippen LogP contribution is 2.34. The van der Waals surface area contributed by atoms with Crippen LogP contribution in [0, 0.1) is 17.7 Å². The highest BCUT2D eigenvalue weighted by Gasteiger charge is 2.27. The number of nitrogens with one attached hydrogen (secondary N) is 1. The summed E-state index contributed by atoms with van der Waals surface area (Å²) in [5, 5.41) is 3.15. The molecule has 106 valence electrons. The lowest BCUT2D eigenvalue weighted by Crippen LogP contribution is -2.25. The fourth-order valence-corrected chi connectivity index (χ4v) is 2.92. The Morgan fingerprint density at radius 3 is 2.63 bits per heavy atom. The minimum absolute atomic E-state index is 0.0364. The van der Waals surface area contributed by atoms with Gasteiger partial charge in [-0.1, -0.05) is 19.9 Å². The molecule has 2 atom stereocenters. The summed E-state index contributed by atoms with van der Waals surface area (Å²) in [6, 6.07) is 5.46. The van der Waals surface area contributed by atoms with Crippen LogP contribution in [0.5, 0.6) is 0 Å². The molecule has 1 fully saturated rings. The minimum Gasteiger partial charge on any atom is -0.371 e. The predicted molar refractivity (Wildman–Crippen MR) is 79.0 cm³/mol. The molecule has 0 bridgehead atoms. The second kappa shape index (κ2) is 5.91. The van der Waals surface area contributed by atoms with Crippen molar-refractivity contribution in [2.75, 3.05) is 25.0 Å². The van der Waals surface area contributed by atoms with Gasteiger partial charge in [-0.25, -0.2) is 4.39 Å². The van der Waals surface area contributed by atoms with Crippen molar-refractivity contribution < 1.29 is 4.39 Å². The van der Waals surface area contributed by atoms with Gasteiger partial charge in [0.1, 0.15) is 5.82 Å². The molecule has 1 heterocycles. The van der Waals surface area contributed by atoms with Crippen LogP contribution in [-0.4, -0.2) is 20.1 Å². The highest BCUT2D eigenvalue weighted by atomic mass is 19.1. The third-order valence-electron chi connectivity index (χ3n) is 4.40. The highest BCUT2D eigenvalue weighted by molar-refractivity contribution is 5.56. The van der Waals surface area contributed by atoms with Crippen LogP contribution in [0.2, 0.25) is 0 Å². The first-order chi connectivity index (χ1) is 9.04. The SMILES string of the molecule is CNC(C)c1c(F)cccc1N1CCC(C(C)C)C1. The van der Waals surface area contributed by atoms with Gasteiger partial charge in [-0.2, -0.15) is 0 Å². The second-order valence-electron chi connectivity index (χ2n) is 5.92. The van der Waals surface area contributed by atoms with Crippen LogP contribution in [0.4, 0.5) is 10.1 Å². The largest absolute Gasteiger partial charge is 0.371 e. The van der Waals surface area contributed by atoms with E-state index in [1.54, 1.807) is 6.07 Å². The van der Waals surface area contributed by atoms with Crippen LogP contribution >= 0.6 is 0 Å². The first kappa shape index (κ1) is 14.3. The second-order valence-corrected chi connectivity index (χ2v) is 5.92. The molecule has 1 aliphatic heterocycles. The number of hydrogen-bond donors (Lipinski definition) is 1. The monoisotopic (exact) mass is 264 g/mol. The lowest BCUT2D eigenvalue weighted by atomic mass is 9.95. The van der Waals surface area contributed by atoms with E-state index in [2.05, 4.69) is 30.1 Å². The molecule has 1 aromatic carbocycles. The summed E-state index contributed by atoms with van der Waals surface area (Å²) in [5.41, 5.74) is 1.86. The summed E-state index contributed by atoms with van der Waals surface area (Å²) in [5.74, 6) is 1.32. The van der Waals surface area contributed by atoms with E-state index in [1.165, 1.54) is 6.42 Å². The summed E-state index contributed by atoms with van der Waals surface area (Å²) in [6.45, 7) is 8.64. The van der Waals surface area contributed by atoms with Crippen LogP contribution < -0.4 is 10.2 Å². The van der Waals surface area contributed by atoms with Crippen LogP contribution in [-0.2, 0) is 0 Å². The Kier molecular flexibility index (Phi) is 4.46. The molecule has 0 spiro atoms. The molecule has 0 radical (unpaired) electrons. The van der Waals surface area contributed by atoms with Gasteiger partial charge in [-0.3, -0.25) is 0 Å². The molecule has 19 heavy (non-hydrogen) atoms. The van der Waals surface area contributed by atoms with E-state index in [0.717, 1.165) is 30.3 Å². The molecule has 1 aromatic rings. The molecule has 1 N–H and O–H groups in total. The van der Waals surface area contributed by atoms with Crippen molar-refractivity contribution in [1.29, 1.82) is 0 Å². The van der Waals surface area contributed by atoms with E-state index in [-0.39, 0.29) is 11.9 Å². The Bertz CT molecular complexity index is 431. The summed E-state index contributed by atoms with van der Waals surface area (Å²) < 4.78 is 14.1. The molecule has 1 aliphatic rings. The number of anilines is 1. The minimum atomic E-state index is -0.104. The zero-order chi connectivity index (χ0) is 14.0. The number of rotatable bonds is 4. The maximum Gasteiger partial charge on any atom is 0.130 e. The van der Waals surface area contributed by atoms with Gasteiger partial charge in [0.25, 0.3) is 0 Å². The Morgan fingerprint density at radius 2 is 2.05 bits per heavy atom. The summed E-state index contributed by atoms with van der Waals surface area (Å²) in [4.78, 5) is 2.34. The zero-order valence-corrected chi connectivity index (χ0v) is 12.4. The first-order valence-electron chi connectivity index (χ1n) is 7.25. The van der Waals surface area contributed by atoms with Gasteiger partial charge in [0.15, 0.2) is 0 Å². The number of halogens is 1. The number of benzene rings is 1. The molecule has 0 saturated carbocycles. The summed E-state index contributed by atoms with van der Waals surface area (Å²) in [7, 11) is 1.88. The maximum absolute atomic E-state index is 14.1. The van der Waals surface area contributed by atoms with E-state index in [1.807, 2.05) is 20.0 Å². The van der Waals surface area contributed by atoms with Gasteiger partial charge < -0.3 is 10.2 Å². The molecular weight excluding hydrogens is 239 g/mol. The lowest BCUT2D eigenvalue weighted by Gasteiger charge is -2.25. The molecule has 2 rings (SSSR count). The fraction of sp³-hybridized carbons (Fsp3) is 0.625.